The summed E-state index contributed by atoms with van der Waals surface area (Å²) in [6.07, 6.45) is 6.99. The van der Waals surface area contributed by atoms with Gasteiger partial charge in [0.05, 0.1) is 5.92 Å². The minimum absolute atomic E-state index is 0.0613. The van der Waals surface area contributed by atoms with Crippen LogP contribution in [0.2, 0.25) is 0 Å². The van der Waals surface area contributed by atoms with Crippen molar-refractivity contribution in [3.8, 4) is 0 Å². The smallest absolute Gasteiger partial charge is 0.307 e. The van der Waals surface area contributed by atoms with Crippen LogP contribution >= 0.6 is 0 Å². The molecule has 0 saturated heterocycles. The Bertz CT molecular complexity index is 451. The highest BCUT2D eigenvalue weighted by Gasteiger charge is 2.33. The Labute approximate surface area is 107 Å². The van der Waals surface area contributed by atoms with E-state index in [2.05, 4.69) is 24.0 Å². The third kappa shape index (κ3) is 2.60. The number of nitrogens with zero attached hydrogens (tertiary/aromatic N) is 3. The maximum Gasteiger partial charge on any atom is 0.307 e. The number of aliphatic carboxylic acids is 1. The number of hydrogen-bond donors (Lipinski definition) is 1. The standard InChI is InChI=1S/C13H19N3O2/c1-9(2)7-16-8-14-15-12(16)10-5-3-4-6-11(10)13(17)18/h3-4,8-11H,5-7H2,1-2H3,(H,17,18). The van der Waals surface area contributed by atoms with Crippen LogP contribution in [0.3, 0.4) is 0 Å². The number of rotatable bonds is 4. The van der Waals surface area contributed by atoms with Gasteiger partial charge in [0.15, 0.2) is 0 Å². The largest absolute Gasteiger partial charge is 0.481 e. The van der Waals surface area contributed by atoms with E-state index in [-0.39, 0.29) is 11.8 Å². The van der Waals surface area contributed by atoms with Crippen molar-refractivity contribution in [3.63, 3.8) is 0 Å². The fourth-order valence-corrected chi connectivity index (χ4v) is 2.46. The zero-order valence-corrected chi connectivity index (χ0v) is 10.8. The van der Waals surface area contributed by atoms with Crippen LogP contribution in [0.25, 0.3) is 0 Å². The Kier molecular flexibility index (Phi) is 3.79. The van der Waals surface area contributed by atoms with Gasteiger partial charge in [0.25, 0.3) is 0 Å². The molecule has 0 bridgehead atoms. The lowest BCUT2D eigenvalue weighted by Crippen LogP contribution is -2.26. The molecule has 1 aromatic rings. The highest BCUT2D eigenvalue weighted by atomic mass is 16.4. The average Bonchev–Trinajstić information content (AvgIpc) is 2.76. The van der Waals surface area contributed by atoms with Gasteiger partial charge < -0.3 is 9.67 Å². The van der Waals surface area contributed by atoms with Gasteiger partial charge in [0, 0.05) is 12.5 Å². The molecule has 0 spiro atoms. The van der Waals surface area contributed by atoms with Gasteiger partial charge in [-0.3, -0.25) is 4.79 Å². The molecule has 2 rings (SSSR count). The topological polar surface area (TPSA) is 68.0 Å². The van der Waals surface area contributed by atoms with Gasteiger partial charge in [-0.05, 0) is 18.8 Å². The maximum absolute atomic E-state index is 11.3. The van der Waals surface area contributed by atoms with Crippen molar-refractivity contribution in [2.75, 3.05) is 0 Å². The van der Waals surface area contributed by atoms with Gasteiger partial charge in [0.2, 0.25) is 0 Å². The van der Waals surface area contributed by atoms with Crippen LogP contribution in [0, 0.1) is 11.8 Å². The predicted molar refractivity (Wildman–Crippen MR) is 67.1 cm³/mol. The van der Waals surface area contributed by atoms with Crippen LogP contribution in [0.4, 0.5) is 0 Å². The molecule has 0 aliphatic heterocycles. The van der Waals surface area contributed by atoms with E-state index in [1.807, 2.05) is 16.7 Å². The monoisotopic (exact) mass is 249 g/mol. The molecule has 0 fully saturated rings. The molecule has 0 radical (unpaired) electrons. The Morgan fingerprint density at radius 2 is 2.22 bits per heavy atom. The second-order valence-corrected chi connectivity index (χ2v) is 5.23. The lowest BCUT2D eigenvalue weighted by atomic mass is 9.82. The zero-order valence-electron chi connectivity index (χ0n) is 10.8. The van der Waals surface area contributed by atoms with Crippen molar-refractivity contribution in [1.82, 2.24) is 14.8 Å². The van der Waals surface area contributed by atoms with Gasteiger partial charge in [-0.2, -0.15) is 0 Å². The molecule has 1 aliphatic carbocycles. The Balaban J connectivity index is 2.26. The van der Waals surface area contributed by atoms with Crippen molar-refractivity contribution in [2.45, 2.75) is 39.2 Å². The summed E-state index contributed by atoms with van der Waals surface area (Å²) in [5.74, 6) is 0.102. The highest BCUT2D eigenvalue weighted by Crippen LogP contribution is 2.33. The molecule has 0 amide bonds. The SMILES string of the molecule is CC(C)Cn1cnnc1C1CC=CCC1C(=O)O. The number of carbonyl (C=O) groups is 1. The number of hydrogen-bond acceptors (Lipinski definition) is 3. The predicted octanol–water partition coefficient (Wildman–Crippen LogP) is 2.07. The van der Waals surface area contributed by atoms with Crippen molar-refractivity contribution < 1.29 is 9.90 Å². The molecule has 1 aliphatic rings. The van der Waals surface area contributed by atoms with Gasteiger partial charge in [-0.1, -0.05) is 26.0 Å². The molecular formula is C13H19N3O2. The fraction of sp³-hybridized carbons (Fsp3) is 0.615. The summed E-state index contributed by atoms with van der Waals surface area (Å²) in [6.45, 7) is 5.08. The molecule has 2 unspecified atom stereocenters. The van der Waals surface area contributed by atoms with Crippen molar-refractivity contribution in [1.29, 1.82) is 0 Å². The number of allylic oxidation sites excluding steroid dienone is 2. The fourth-order valence-electron chi connectivity index (χ4n) is 2.46. The van der Waals surface area contributed by atoms with E-state index in [9.17, 15) is 9.90 Å². The molecule has 1 aromatic heterocycles. The Morgan fingerprint density at radius 1 is 1.50 bits per heavy atom. The van der Waals surface area contributed by atoms with Crippen LogP contribution in [0.5, 0.6) is 0 Å². The summed E-state index contributed by atoms with van der Waals surface area (Å²) in [5.41, 5.74) is 0. The van der Waals surface area contributed by atoms with Crippen LogP contribution in [-0.2, 0) is 11.3 Å². The summed E-state index contributed by atoms with van der Waals surface area (Å²) < 4.78 is 1.99. The molecular weight excluding hydrogens is 230 g/mol. The molecule has 2 atom stereocenters. The third-order valence-corrected chi connectivity index (χ3v) is 3.29. The first kappa shape index (κ1) is 12.8. The minimum Gasteiger partial charge on any atom is -0.481 e. The van der Waals surface area contributed by atoms with Crippen LogP contribution < -0.4 is 0 Å². The Hall–Kier alpha value is -1.65. The summed E-state index contributed by atoms with van der Waals surface area (Å²) >= 11 is 0. The third-order valence-electron chi connectivity index (χ3n) is 3.29. The van der Waals surface area contributed by atoms with E-state index in [0.717, 1.165) is 18.8 Å². The first-order valence-electron chi connectivity index (χ1n) is 6.35. The lowest BCUT2D eigenvalue weighted by molar-refractivity contribution is -0.142. The molecule has 98 valence electrons. The van der Waals surface area contributed by atoms with Gasteiger partial charge in [0.1, 0.15) is 12.2 Å². The second-order valence-electron chi connectivity index (χ2n) is 5.23. The normalized spacial score (nSPS) is 23.5. The van der Waals surface area contributed by atoms with Crippen molar-refractivity contribution in [2.24, 2.45) is 11.8 Å². The van der Waals surface area contributed by atoms with E-state index < -0.39 is 5.97 Å². The van der Waals surface area contributed by atoms with Gasteiger partial charge >= 0.3 is 5.97 Å². The maximum atomic E-state index is 11.3. The number of carboxylic acid groups (broad SMARTS) is 1. The van der Waals surface area contributed by atoms with Crippen LogP contribution in [0.15, 0.2) is 18.5 Å². The summed E-state index contributed by atoms with van der Waals surface area (Å²) in [6, 6.07) is 0. The molecule has 0 aromatic carbocycles. The highest BCUT2D eigenvalue weighted by molar-refractivity contribution is 5.71. The van der Waals surface area contributed by atoms with Crippen LogP contribution in [0.1, 0.15) is 38.4 Å². The molecule has 1 N–H and O–H groups in total. The zero-order chi connectivity index (χ0) is 13.1. The van der Waals surface area contributed by atoms with Gasteiger partial charge in [-0.15, -0.1) is 10.2 Å². The van der Waals surface area contributed by atoms with E-state index in [0.29, 0.717) is 12.3 Å². The molecule has 5 heteroatoms. The summed E-state index contributed by atoms with van der Waals surface area (Å²) in [7, 11) is 0. The lowest BCUT2D eigenvalue weighted by Gasteiger charge is -2.25. The van der Waals surface area contributed by atoms with E-state index in [1.54, 1.807) is 6.33 Å². The van der Waals surface area contributed by atoms with Crippen LogP contribution in [-0.4, -0.2) is 25.8 Å². The number of aromatic nitrogens is 3. The Morgan fingerprint density at radius 3 is 2.89 bits per heavy atom. The van der Waals surface area contributed by atoms with E-state index >= 15 is 0 Å². The first-order chi connectivity index (χ1) is 8.59. The van der Waals surface area contributed by atoms with Crippen molar-refractivity contribution >= 4 is 5.97 Å². The molecule has 0 saturated carbocycles. The number of carboxylic acids is 1. The second kappa shape index (κ2) is 5.33. The quantitative estimate of drug-likeness (QED) is 0.829. The van der Waals surface area contributed by atoms with Crippen molar-refractivity contribution in [3.05, 3.63) is 24.3 Å². The minimum atomic E-state index is -0.747. The first-order valence-corrected chi connectivity index (χ1v) is 6.35. The molecule has 5 nitrogen and oxygen atoms in total. The van der Waals surface area contributed by atoms with E-state index in [1.165, 1.54) is 0 Å². The average molecular weight is 249 g/mol. The summed E-state index contributed by atoms with van der Waals surface area (Å²) in [5, 5.41) is 17.4. The molecule has 1 heterocycles. The summed E-state index contributed by atoms with van der Waals surface area (Å²) in [4.78, 5) is 11.3. The van der Waals surface area contributed by atoms with Gasteiger partial charge in [-0.25, -0.2) is 0 Å². The molecule has 18 heavy (non-hydrogen) atoms. The van der Waals surface area contributed by atoms with E-state index in [4.69, 9.17) is 0 Å².